The van der Waals surface area contributed by atoms with Gasteiger partial charge in [0.15, 0.2) is 0 Å². The molecule has 0 aliphatic heterocycles. The Bertz CT molecular complexity index is 53.5. The molecule has 0 heterocycles. The van der Waals surface area contributed by atoms with Gasteiger partial charge in [-0.05, 0) is 25.7 Å². The van der Waals surface area contributed by atoms with Gasteiger partial charge in [0.2, 0.25) is 0 Å². The SMILES string of the molecule is C1=CCCCC1.[H-].[K+]. The molecule has 0 radical (unpaired) electrons. The van der Waals surface area contributed by atoms with Crippen molar-refractivity contribution in [1.29, 1.82) is 0 Å². The van der Waals surface area contributed by atoms with Gasteiger partial charge in [-0.1, -0.05) is 12.2 Å². The zero-order chi connectivity index (χ0) is 4.24. The third-order valence-corrected chi connectivity index (χ3v) is 1.16. The first kappa shape index (κ1) is 8.38. The third-order valence-electron chi connectivity index (χ3n) is 1.16. The van der Waals surface area contributed by atoms with Gasteiger partial charge >= 0.3 is 51.4 Å². The summed E-state index contributed by atoms with van der Waals surface area (Å²) >= 11 is 0. The number of rotatable bonds is 0. The average molecular weight is 122 g/mol. The zero-order valence-corrected chi connectivity index (χ0v) is 8.11. The monoisotopic (exact) mass is 122 g/mol. The molecular weight excluding hydrogens is 111 g/mol. The summed E-state index contributed by atoms with van der Waals surface area (Å²) in [6.45, 7) is 0. The molecule has 0 nitrogen and oxygen atoms in total. The van der Waals surface area contributed by atoms with E-state index in [9.17, 15) is 0 Å². The standard InChI is InChI=1S/C6H10.K.H/c1-2-4-6-5-3-1;;/h1-2H,3-6H2;;/q;+1;-1. The Kier molecular flexibility index (Phi) is 6.60. The van der Waals surface area contributed by atoms with E-state index in [0.29, 0.717) is 0 Å². The molecule has 0 saturated carbocycles. The minimum absolute atomic E-state index is 0. The van der Waals surface area contributed by atoms with Crippen LogP contribution in [0.1, 0.15) is 27.1 Å². The number of allylic oxidation sites excluding steroid dienone is 2. The topological polar surface area (TPSA) is 0 Å². The quantitative estimate of drug-likeness (QED) is 0.292. The first-order valence-corrected chi connectivity index (χ1v) is 2.65. The molecule has 0 N–H and O–H groups in total. The molecule has 0 aromatic rings. The van der Waals surface area contributed by atoms with Crippen LogP contribution in [0.25, 0.3) is 0 Å². The predicted octanol–water partition coefficient (Wildman–Crippen LogP) is -0.767. The van der Waals surface area contributed by atoms with Crippen molar-refractivity contribution < 1.29 is 52.8 Å². The Labute approximate surface area is 89.3 Å². The first-order chi connectivity index (χ1) is 3.00. The fourth-order valence-electron chi connectivity index (χ4n) is 0.760. The molecule has 0 aromatic carbocycles. The zero-order valence-electron chi connectivity index (χ0n) is 5.98. The van der Waals surface area contributed by atoms with Crippen LogP contribution in [0, 0.1) is 0 Å². The van der Waals surface area contributed by atoms with Crippen LogP contribution in [0.15, 0.2) is 12.2 Å². The van der Waals surface area contributed by atoms with Gasteiger partial charge in [0.05, 0.1) is 0 Å². The second kappa shape index (κ2) is 5.51. The molecule has 0 fully saturated rings. The van der Waals surface area contributed by atoms with Crippen LogP contribution < -0.4 is 51.4 Å². The Morgan fingerprint density at radius 3 is 1.57 bits per heavy atom. The summed E-state index contributed by atoms with van der Waals surface area (Å²) in [7, 11) is 0. The maximum atomic E-state index is 2.27. The molecule has 0 unspecified atom stereocenters. The second-order valence-electron chi connectivity index (χ2n) is 1.76. The molecule has 0 amide bonds. The normalized spacial score (nSPS) is 18.3. The van der Waals surface area contributed by atoms with Gasteiger partial charge in [0, 0.05) is 0 Å². The molecule has 1 heteroatoms. The molecule has 7 heavy (non-hydrogen) atoms. The van der Waals surface area contributed by atoms with E-state index in [-0.39, 0.29) is 52.8 Å². The Hall–Kier alpha value is 1.38. The molecule has 0 spiro atoms. The fourth-order valence-corrected chi connectivity index (χ4v) is 0.760. The maximum Gasteiger partial charge on any atom is 1.00 e. The second-order valence-corrected chi connectivity index (χ2v) is 1.76. The summed E-state index contributed by atoms with van der Waals surface area (Å²) in [5, 5.41) is 0. The molecule has 1 rings (SSSR count). The van der Waals surface area contributed by atoms with Crippen LogP contribution in [-0.4, -0.2) is 0 Å². The van der Waals surface area contributed by atoms with Crippen molar-refractivity contribution in [2.45, 2.75) is 25.7 Å². The summed E-state index contributed by atoms with van der Waals surface area (Å²) in [5.41, 5.74) is 0. The van der Waals surface area contributed by atoms with E-state index >= 15 is 0 Å². The molecule has 0 bridgehead atoms. The van der Waals surface area contributed by atoms with Gasteiger partial charge in [0.1, 0.15) is 0 Å². The van der Waals surface area contributed by atoms with Crippen molar-refractivity contribution in [2.24, 2.45) is 0 Å². The predicted molar refractivity (Wildman–Crippen MR) is 28.7 cm³/mol. The average Bonchev–Trinajstić information content (AvgIpc) is 1.72. The van der Waals surface area contributed by atoms with Crippen molar-refractivity contribution in [1.82, 2.24) is 0 Å². The van der Waals surface area contributed by atoms with E-state index in [1.54, 1.807) is 0 Å². The minimum Gasteiger partial charge on any atom is -1.00 e. The summed E-state index contributed by atoms with van der Waals surface area (Å²) < 4.78 is 0. The van der Waals surface area contributed by atoms with Gasteiger partial charge in [-0.25, -0.2) is 0 Å². The Morgan fingerprint density at radius 1 is 1.00 bits per heavy atom. The van der Waals surface area contributed by atoms with Crippen molar-refractivity contribution in [3.8, 4) is 0 Å². The van der Waals surface area contributed by atoms with E-state index in [1.165, 1.54) is 25.7 Å². The van der Waals surface area contributed by atoms with E-state index in [1.807, 2.05) is 0 Å². The van der Waals surface area contributed by atoms with E-state index in [2.05, 4.69) is 12.2 Å². The van der Waals surface area contributed by atoms with Gasteiger partial charge in [-0.3, -0.25) is 0 Å². The molecule has 1 aliphatic rings. The van der Waals surface area contributed by atoms with Crippen LogP contribution in [0.3, 0.4) is 0 Å². The molecule has 36 valence electrons. The van der Waals surface area contributed by atoms with Gasteiger partial charge < -0.3 is 1.43 Å². The third kappa shape index (κ3) is 3.92. The maximum absolute atomic E-state index is 2.27. The Morgan fingerprint density at radius 2 is 1.43 bits per heavy atom. The molecule has 0 saturated heterocycles. The van der Waals surface area contributed by atoms with Crippen molar-refractivity contribution in [3.63, 3.8) is 0 Å². The molecule has 1 aliphatic carbocycles. The van der Waals surface area contributed by atoms with Crippen LogP contribution in [0.5, 0.6) is 0 Å². The number of hydrogen-bond acceptors (Lipinski definition) is 0. The van der Waals surface area contributed by atoms with E-state index in [0.717, 1.165) is 0 Å². The summed E-state index contributed by atoms with van der Waals surface area (Å²) in [6.07, 6.45) is 10.0. The fraction of sp³-hybridized carbons (Fsp3) is 0.667. The molecule has 0 aromatic heterocycles. The van der Waals surface area contributed by atoms with Crippen molar-refractivity contribution in [3.05, 3.63) is 12.2 Å². The van der Waals surface area contributed by atoms with Gasteiger partial charge in [-0.2, -0.15) is 0 Å². The number of hydrogen-bond donors (Lipinski definition) is 0. The van der Waals surface area contributed by atoms with Crippen molar-refractivity contribution >= 4 is 0 Å². The summed E-state index contributed by atoms with van der Waals surface area (Å²) in [6, 6.07) is 0. The van der Waals surface area contributed by atoms with Crippen LogP contribution in [-0.2, 0) is 0 Å². The molecular formula is C6H11K. The minimum atomic E-state index is 0. The first-order valence-electron chi connectivity index (χ1n) is 2.65. The largest absolute Gasteiger partial charge is 1.00 e. The van der Waals surface area contributed by atoms with Crippen LogP contribution >= 0.6 is 0 Å². The Balaban J connectivity index is 0. The van der Waals surface area contributed by atoms with Gasteiger partial charge in [0.25, 0.3) is 0 Å². The van der Waals surface area contributed by atoms with E-state index in [4.69, 9.17) is 0 Å². The van der Waals surface area contributed by atoms with Gasteiger partial charge in [-0.15, -0.1) is 0 Å². The van der Waals surface area contributed by atoms with Crippen LogP contribution in [0.4, 0.5) is 0 Å². The van der Waals surface area contributed by atoms with Crippen LogP contribution in [0.2, 0.25) is 0 Å². The molecule has 0 atom stereocenters. The van der Waals surface area contributed by atoms with Crippen molar-refractivity contribution in [2.75, 3.05) is 0 Å². The smallest absolute Gasteiger partial charge is 1.00 e. The summed E-state index contributed by atoms with van der Waals surface area (Å²) in [5.74, 6) is 0. The summed E-state index contributed by atoms with van der Waals surface area (Å²) in [4.78, 5) is 0. The van der Waals surface area contributed by atoms with E-state index < -0.39 is 0 Å².